The predicted octanol–water partition coefficient (Wildman–Crippen LogP) is 4.08. The summed E-state index contributed by atoms with van der Waals surface area (Å²) in [6.07, 6.45) is 1.29. The number of benzene rings is 1. The van der Waals surface area contributed by atoms with Crippen LogP contribution in [0, 0.1) is 0 Å². The lowest BCUT2D eigenvalue weighted by atomic mass is 10.1. The number of nitrogens with zero attached hydrogens (tertiary/aromatic N) is 2. The molecule has 0 aliphatic rings. The van der Waals surface area contributed by atoms with E-state index in [1.807, 2.05) is 0 Å². The molecule has 2 heterocycles. The second-order valence-corrected chi connectivity index (χ2v) is 5.41. The number of aromatic nitrogens is 2. The topological polar surface area (TPSA) is 85.5 Å². The molecule has 0 fully saturated rings. The maximum absolute atomic E-state index is 11.9. The minimum absolute atomic E-state index is 0.164. The summed E-state index contributed by atoms with van der Waals surface area (Å²) in [6.45, 7) is 1.82. The summed E-state index contributed by atoms with van der Waals surface area (Å²) in [6, 6.07) is 4.82. The van der Waals surface area contributed by atoms with E-state index < -0.39 is 5.97 Å². The normalized spacial score (nSPS) is 10.9. The highest BCUT2D eigenvalue weighted by atomic mass is 35.5. The van der Waals surface area contributed by atoms with Gasteiger partial charge in [0.1, 0.15) is 5.69 Å². The molecule has 0 aliphatic heterocycles. The number of aromatic hydroxyl groups is 1. The van der Waals surface area contributed by atoms with Crippen LogP contribution in [0.3, 0.4) is 0 Å². The third-order valence-electron chi connectivity index (χ3n) is 3.15. The fraction of sp³-hybridized carbons (Fsp3) is 0.133. The Morgan fingerprint density at radius 3 is 2.87 bits per heavy atom. The van der Waals surface area contributed by atoms with Crippen LogP contribution in [0.2, 0.25) is 10.0 Å². The van der Waals surface area contributed by atoms with Crippen molar-refractivity contribution in [2.75, 3.05) is 6.61 Å². The van der Waals surface area contributed by atoms with Crippen LogP contribution in [-0.2, 0) is 4.74 Å². The van der Waals surface area contributed by atoms with E-state index in [-0.39, 0.29) is 34.7 Å². The number of fused-ring (bicyclic) bond motifs is 1. The van der Waals surface area contributed by atoms with Crippen LogP contribution in [-0.4, -0.2) is 27.8 Å². The Hall–Kier alpha value is -2.31. The summed E-state index contributed by atoms with van der Waals surface area (Å²) in [5.74, 6) is -1.11. The molecule has 0 bridgehead atoms. The number of hydrogen-bond donors (Lipinski definition) is 1. The number of pyridine rings is 1. The Morgan fingerprint density at radius 2 is 2.17 bits per heavy atom. The third-order valence-corrected chi connectivity index (χ3v) is 3.69. The molecule has 0 atom stereocenters. The molecule has 0 spiro atoms. The minimum Gasteiger partial charge on any atom is -0.505 e. The number of hydrogen-bond acceptors (Lipinski definition) is 6. The van der Waals surface area contributed by atoms with Crippen molar-refractivity contribution >= 4 is 40.1 Å². The average Bonchev–Trinajstić information content (AvgIpc) is 2.92. The van der Waals surface area contributed by atoms with Gasteiger partial charge in [-0.05, 0) is 25.1 Å². The van der Waals surface area contributed by atoms with E-state index in [4.69, 9.17) is 32.5 Å². The molecule has 8 heteroatoms. The van der Waals surface area contributed by atoms with Gasteiger partial charge in [0.05, 0.1) is 23.2 Å². The fourth-order valence-corrected chi connectivity index (χ4v) is 2.63. The van der Waals surface area contributed by atoms with Crippen LogP contribution in [0.5, 0.6) is 5.75 Å². The van der Waals surface area contributed by atoms with Gasteiger partial charge in [0, 0.05) is 10.6 Å². The summed E-state index contributed by atoms with van der Waals surface area (Å²) in [7, 11) is 0. The molecule has 0 saturated carbocycles. The molecular weight excluding hydrogens is 343 g/mol. The van der Waals surface area contributed by atoms with E-state index in [0.717, 1.165) is 0 Å². The molecule has 23 heavy (non-hydrogen) atoms. The molecule has 6 nitrogen and oxygen atoms in total. The molecule has 1 aromatic carbocycles. The Morgan fingerprint density at radius 1 is 1.39 bits per heavy atom. The SMILES string of the molecule is CCOC(=O)c1ncc2onc(-c3ccc(Cl)cc3Cl)c2c1O. The van der Waals surface area contributed by atoms with Crippen molar-refractivity contribution < 1.29 is 19.2 Å². The zero-order valence-corrected chi connectivity index (χ0v) is 13.4. The van der Waals surface area contributed by atoms with E-state index in [1.54, 1.807) is 25.1 Å². The van der Waals surface area contributed by atoms with E-state index in [0.29, 0.717) is 15.6 Å². The number of esters is 1. The van der Waals surface area contributed by atoms with Gasteiger partial charge < -0.3 is 14.4 Å². The first kappa shape index (κ1) is 15.6. The predicted molar refractivity (Wildman–Crippen MR) is 84.9 cm³/mol. The monoisotopic (exact) mass is 352 g/mol. The lowest BCUT2D eigenvalue weighted by Crippen LogP contribution is -2.07. The minimum atomic E-state index is -0.735. The molecule has 0 amide bonds. The van der Waals surface area contributed by atoms with Crippen molar-refractivity contribution in [2.45, 2.75) is 6.92 Å². The maximum Gasteiger partial charge on any atom is 0.360 e. The second-order valence-electron chi connectivity index (χ2n) is 4.57. The first-order valence-corrected chi connectivity index (χ1v) is 7.38. The van der Waals surface area contributed by atoms with Gasteiger partial charge in [-0.3, -0.25) is 0 Å². The lowest BCUT2D eigenvalue weighted by Gasteiger charge is -2.05. The summed E-state index contributed by atoms with van der Waals surface area (Å²) in [5, 5.41) is 15.3. The first-order chi connectivity index (χ1) is 11.0. The van der Waals surface area contributed by atoms with Crippen molar-refractivity contribution in [3.8, 4) is 17.0 Å². The third kappa shape index (κ3) is 2.71. The number of carbonyl (C=O) groups is 1. The number of halogens is 2. The zero-order valence-electron chi connectivity index (χ0n) is 11.8. The molecule has 2 aromatic heterocycles. The molecular formula is C15H10Cl2N2O4. The summed E-state index contributed by atoms with van der Waals surface area (Å²) in [5.41, 5.74) is 0.795. The van der Waals surface area contributed by atoms with Crippen molar-refractivity contribution in [3.63, 3.8) is 0 Å². The standard InChI is InChI=1S/C15H10Cl2N2O4/c1-2-22-15(21)13-14(20)11-10(6-18-13)23-19-12(11)8-4-3-7(16)5-9(8)17/h3-6,20H,2H2,1H3. The summed E-state index contributed by atoms with van der Waals surface area (Å²) in [4.78, 5) is 15.7. The van der Waals surface area contributed by atoms with Crippen LogP contribution in [0.1, 0.15) is 17.4 Å². The van der Waals surface area contributed by atoms with Gasteiger partial charge >= 0.3 is 5.97 Å². The second kappa shape index (κ2) is 6.06. The Bertz CT molecular complexity index is 908. The van der Waals surface area contributed by atoms with Crippen molar-refractivity contribution in [2.24, 2.45) is 0 Å². The summed E-state index contributed by atoms with van der Waals surface area (Å²) < 4.78 is 10.0. The Kier molecular flexibility index (Phi) is 4.11. The molecule has 0 radical (unpaired) electrons. The molecule has 3 aromatic rings. The van der Waals surface area contributed by atoms with Crippen molar-refractivity contribution in [1.29, 1.82) is 0 Å². The maximum atomic E-state index is 11.9. The van der Waals surface area contributed by atoms with E-state index in [2.05, 4.69) is 10.1 Å². The fourth-order valence-electron chi connectivity index (χ4n) is 2.14. The highest BCUT2D eigenvalue weighted by molar-refractivity contribution is 6.36. The molecule has 0 saturated heterocycles. The first-order valence-electron chi connectivity index (χ1n) is 6.62. The lowest BCUT2D eigenvalue weighted by molar-refractivity contribution is 0.0516. The highest BCUT2D eigenvalue weighted by Crippen LogP contribution is 2.39. The number of ether oxygens (including phenoxy) is 1. The Balaban J connectivity index is 2.23. The quantitative estimate of drug-likeness (QED) is 0.714. The largest absolute Gasteiger partial charge is 0.505 e. The average molecular weight is 353 g/mol. The highest BCUT2D eigenvalue weighted by Gasteiger charge is 2.23. The van der Waals surface area contributed by atoms with Crippen LogP contribution < -0.4 is 0 Å². The molecule has 118 valence electrons. The Labute approximate surface area is 140 Å². The molecule has 1 N–H and O–H groups in total. The van der Waals surface area contributed by atoms with E-state index >= 15 is 0 Å². The van der Waals surface area contributed by atoms with E-state index in [9.17, 15) is 9.90 Å². The molecule has 3 rings (SSSR count). The smallest absolute Gasteiger partial charge is 0.360 e. The van der Waals surface area contributed by atoms with Gasteiger partial charge in [0.15, 0.2) is 17.0 Å². The van der Waals surface area contributed by atoms with Crippen LogP contribution >= 0.6 is 23.2 Å². The van der Waals surface area contributed by atoms with Gasteiger partial charge in [-0.2, -0.15) is 0 Å². The van der Waals surface area contributed by atoms with Crippen molar-refractivity contribution in [1.82, 2.24) is 10.1 Å². The van der Waals surface area contributed by atoms with Gasteiger partial charge in [0.2, 0.25) is 0 Å². The molecule has 0 unspecified atom stereocenters. The van der Waals surface area contributed by atoms with Gasteiger partial charge in [-0.1, -0.05) is 28.4 Å². The van der Waals surface area contributed by atoms with Crippen LogP contribution in [0.25, 0.3) is 22.2 Å². The van der Waals surface area contributed by atoms with Crippen LogP contribution in [0.15, 0.2) is 28.9 Å². The van der Waals surface area contributed by atoms with Crippen molar-refractivity contribution in [3.05, 3.63) is 40.1 Å². The number of carbonyl (C=O) groups excluding carboxylic acids is 1. The molecule has 0 aliphatic carbocycles. The van der Waals surface area contributed by atoms with Gasteiger partial charge in [-0.15, -0.1) is 0 Å². The summed E-state index contributed by atoms with van der Waals surface area (Å²) >= 11 is 12.1. The number of rotatable bonds is 3. The van der Waals surface area contributed by atoms with Crippen LogP contribution in [0.4, 0.5) is 0 Å². The zero-order chi connectivity index (χ0) is 16.6. The van der Waals surface area contributed by atoms with E-state index in [1.165, 1.54) is 6.20 Å². The van der Waals surface area contributed by atoms with Gasteiger partial charge in [0.25, 0.3) is 0 Å². The van der Waals surface area contributed by atoms with Gasteiger partial charge in [-0.25, -0.2) is 9.78 Å².